The fraction of sp³-hybridized carbons (Fsp3) is 0.190. The Morgan fingerprint density at radius 1 is 1.15 bits per heavy atom. The van der Waals surface area contributed by atoms with Crippen molar-refractivity contribution in [2.75, 3.05) is 19.5 Å². The third-order valence-corrected chi connectivity index (χ3v) is 7.81. The van der Waals surface area contributed by atoms with Gasteiger partial charge < -0.3 is 9.26 Å². The summed E-state index contributed by atoms with van der Waals surface area (Å²) in [5.41, 5.74) is 1.94. The van der Waals surface area contributed by atoms with E-state index in [-0.39, 0.29) is 21.9 Å². The predicted octanol–water partition coefficient (Wildman–Crippen LogP) is 2.98. The number of aryl methyl sites for hydroxylation is 1. The van der Waals surface area contributed by atoms with Crippen molar-refractivity contribution in [3.63, 3.8) is 0 Å². The standard InChI is InChI=1S/C21H20N6O5S2/c1-13-6-4-5-7-16(13)19(28)23-20-24-25-21(33-20)34(29,30)27(2)12-17-22-18(26-32-17)14-8-10-15(31-3)11-9-14/h4-11H,12H2,1-3H3,(H,23,24,28). The highest BCUT2D eigenvalue weighted by molar-refractivity contribution is 7.91. The van der Waals surface area contributed by atoms with Crippen molar-refractivity contribution in [2.45, 2.75) is 17.8 Å². The van der Waals surface area contributed by atoms with Crippen molar-refractivity contribution in [1.29, 1.82) is 0 Å². The molecule has 176 valence electrons. The molecule has 0 radical (unpaired) electrons. The van der Waals surface area contributed by atoms with Crippen LogP contribution >= 0.6 is 11.3 Å². The molecular formula is C21H20N6O5S2. The number of methoxy groups -OCH3 is 1. The first-order chi connectivity index (χ1) is 16.3. The largest absolute Gasteiger partial charge is 0.497 e. The Morgan fingerprint density at radius 3 is 2.59 bits per heavy atom. The zero-order valence-corrected chi connectivity index (χ0v) is 20.1. The number of nitrogens with zero attached hydrogens (tertiary/aromatic N) is 5. The molecule has 0 aliphatic rings. The fourth-order valence-electron chi connectivity index (χ4n) is 2.94. The molecule has 0 saturated heterocycles. The van der Waals surface area contributed by atoms with Crippen LogP contribution in [0.2, 0.25) is 0 Å². The van der Waals surface area contributed by atoms with Gasteiger partial charge in [-0.1, -0.05) is 34.7 Å². The lowest BCUT2D eigenvalue weighted by Gasteiger charge is -2.11. The molecule has 0 saturated carbocycles. The molecular weight excluding hydrogens is 480 g/mol. The first-order valence-corrected chi connectivity index (χ1v) is 12.2. The van der Waals surface area contributed by atoms with Gasteiger partial charge in [0.25, 0.3) is 15.9 Å². The first kappa shape index (κ1) is 23.5. The number of anilines is 1. The maximum absolute atomic E-state index is 12.9. The van der Waals surface area contributed by atoms with Crippen LogP contribution in [0.25, 0.3) is 11.4 Å². The van der Waals surface area contributed by atoms with Gasteiger partial charge in [0.2, 0.25) is 21.2 Å². The molecule has 0 atom stereocenters. The molecule has 13 heteroatoms. The number of aromatic nitrogens is 4. The van der Waals surface area contributed by atoms with Crippen molar-refractivity contribution < 1.29 is 22.5 Å². The number of nitrogens with one attached hydrogen (secondary N) is 1. The summed E-state index contributed by atoms with van der Waals surface area (Å²) in [6.45, 7) is 1.63. The second-order valence-electron chi connectivity index (χ2n) is 7.14. The van der Waals surface area contributed by atoms with Gasteiger partial charge in [-0.15, -0.1) is 10.2 Å². The van der Waals surface area contributed by atoms with Crippen LogP contribution in [0, 0.1) is 6.92 Å². The van der Waals surface area contributed by atoms with Gasteiger partial charge in [0.15, 0.2) is 0 Å². The molecule has 34 heavy (non-hydrogen) atoms. The minimum absolute atomic E-state index is 0.0693. The number of sulfonamides is 1. The van der Waals surface area contributed by atoms with Gasteiger partial charge in [0.05, 0.1) is 13.7 Å². The quantitative estimate of drug-likeness (QED) is 0.361. The summed E-state index contributed by atoms with van der Waals surface area (Å²) in [5.74, 6) is 0.711. The molecule has 11 nitrogen and oxygen atoms in total. The second-order valence-corrected chi connectivity index (χ2v) is 10.3. The molecule has 2 aromatic heterocycles. The minimum Gasteiger partial charge on any atom is -0.497 e. The van der Waals surface area contributed by atoms with Crippen LogP contribution in [-0.2, 0) is 16.6 Å². The smallest absolute Gasteiger partial charge is 0.272 e. The summed E-state index contributed by atoms with van der Waals surface area (Å²) >= 11 is 0.751. The number of hydrogen-bond acceptors (Lipinski definition) is 10. The van der Waals surface area contributed by atoms with E-state index in [9.17, 15) is 13.2 Å². The molecule has 0 unspecified atom stereocenters. The maximum atomic E-state index is 12.9. The topological polar surface area (TPSA) is 140 Å². The van der Waals surface area contributed by atoms with Gasteiger partial charge in [-0.05, 0) is 42.8 Å². The Bertz CT molecular complexity index is 1420. The van der Waals surface area contributed by atoms with Crippen molar-refractivity contribution in [3.8, 4) is 17.1 Å². The molecule has 0 fully saturated rings. The van der Waals surface area contributed by atoms with Crippen LogP contribution in [0.5, 0.6) is 5.75 Å². The highest BCUT2D eigenvalue weighted by Crippen LogP contribution is 2.25. The zero-order valence-electron chi connectivity index (χ0n) is 18.4. The van der Waals surface area contributed by atoms with Crippen LogP contribution in [0.3, 0.4) is 0 Å². The van der Waals surface area contributed by atoms with Crippen LogP contribution in [0.4, 0.5) is 5.13 Å². The van der Waals surface area contributed by atoms with E-state index in [2.05, 4.69) is 25.7 Å². The predicted molar refractivity (Wildman–Crippen MR) is 124 cm³/mol. The van der Waals surface area contributed by atoms with Gasteiger partial charge in [0.1, 0.15) is 5.75 Å². The molecule has 0 bridgehead atoms. The average Bonchev–Trinajstić information content (AvgIpc) is 3.49. The number of hydrogen-bond donors (Lipinski definition) is 1. The Morgan fingerprint density at radius 2 is 1.88 bits per heavy atom. The van der Waals surface area contributed by atoms with E-state index in [0.29, 0.717) is 22.7 Å². The van der Waals surface area contributed by atoms with Gasteiger partial charge in [0, 0.05) is 18.2 Å². The van der Waals surface area contributed by atoms with E-state index in [1.54, 1.807) is 56.5 Å². The number of carbonyl (C=O) groups is 1. The first-order valence-electron chi connectivity index (χ1n) is 9.92. The monoisotopic (exact) mass is 500 g/mol. The van der Waals surface area contributed by atoms with E-state index in [1.165, 1.54) is 7.05 Å². The molecule has 2 heterocycles. The van der Waals surface area contributed by atoms with E-state index in [4.69, 9.17) is 9.26 Å². The van der Waals surface area contributed by atoms with Crippen LogP contribution in [-0.4, -0.2) is 53.1 Å². The molecule has 0 aliphatic heterocycles. The number of benzene rings is 2. The van der Waals surface area contributed by atoms with E-state index < -0.39 is 15.9 Å². The van der Waals surface area contributed by atoms with E-state index in [1.807, 2.05) is 6.07 Å². The van der Waals surface area contributed by atoms with Crippen LogP contribution in [0.1, 0.15) is 21.8 Å². The third kappa shape index (κ3) is 4.95. The van der Waals surface area contributed by atoms with Crippen molar-refractivity contribution in [1.82, 2.24) is 24.6 Å². The molecule has 4 rings (SSSR count). The number of ether oxygens (including phenoxy) is 1. The number of carbonyl (C=O) groups excluding carboxylic acids is 1. The normalized spacial score (nSPS) is 11.5. The average molecular weight is 501 g/mol. The van der Waals surface area contributed by atoms with Crippen LogP contribution in [0.15, 0.2) is 57.4 Å². The number of rotatable bonds is 8. The van der Waals surface area contributed by atoms with E-state index in [0.717, 1.165) is 21.2 Å². The third-order valence-electron chi connectivity index (χ3n) is 4.82. The molecule has 1 N–H and O–H groups in total. The van der Waals surface area contributed by atoms with Crippen LogP contribution < -0.4 is 10.1 Å². The zero-order chi connectivity index (χ0) is 24.3. The lowest BCUT2D eigenvalue weighted by Crippen LogP contribution is -2.26. The summed E-state index contributed by atoms with van der Waals surface area (Å²) in [5, 5.41) is 14.1. The van der Waals surface area contributed by atoms with Gasteiger partial charge in [-0.2, -0.15) is 9.29 Å². The Labute approximate surface area is 199 Å². The molecule has 4 aromatic rings. The Balaban J connectivity index is 1.44. The van der Waals surface area contributed by atoms with E-state index >= 15 is 0 Å². The Kier molecular flexibility index (Phi) is 6.68. The highest BCUT2D eigenvalue weighted by Gasteiger charge is 2.28. The summed E-state index contributed by atoms with van der Waals surface area (Å²) in [4.78, 5) is 16.7. The summed E-state index contributed by atoms with van der Waals surface area (Å²) in [7, 11) is -1.08. The molecule has 0 spiro atoms. The molecule has 1 amide bonds. The number of amides is 1. The highest BCUT2D eigenvalue weighted by atomic mass is 32.2. The SMILES string of the molecule is COc1ccc(-c2noc(CN(C)S(=O)(=O)c3nnc(NC(=O)c4ccccc4C)s3)n2)cc1. The fourth-order valence-corrected chi connectivity index (χ4v) is 5.15. The second kappa shape index (κ2) is 9.67. The van der Waals surface area contributed by atoms with Crippen molar-refractivity contribution >= 4 is 32.4 Å². The lowest BCUT2D eigenvalue weighted by atomic mass is 10.1. The summed E-state index contributed by atoms with van der Waals surface area (Å²) in [6, 6.07) is 14.1. The molecule has 2 aromatic carbocycles. The van der Waals surface area contributed by atoms with Gasteiger partial charge in [-0.3, -0.25) is 10.1 Å². The van der Waals surface area contributed by atoms with Crippen molar-refractivity contribution in [2.24, 2.45) is 0 Å². The Hall–Kier alpha value is -3.68. The lowest BCUT2D eigenvalue weighted by molar-refractivity contribution is 0.102. The summed E-state index contributed by atoms with van der Waals surface area (Å²) < 4.78 is 36.9. The maximum Gasteiger partial charge on any atom is 0.272 e. The van der Waals surface area contributed by atoms with Gasteiger partial charge in [-0.25, -0.2) is 8.42 Å². The van der Waals surface area contributed by atoms with Gasteiger partial charge >= 0.3 is 0 Å². The minimum atomic E-state index is -4.01. The molecule has 0 aliphatic carbocycles. The van der Waals surface area contributed by atoms with Crippen molar-refractivity contribution in [3.05, 3.63) is 65.5 Å². The summed E-state index contributed by atoms with van der Waals surface area (Å²) in [6.07, 6.45) is 0.